The third-order valence-corrected chi connectivity index (χ3v) is 5.28. The first kappa shape index (κ1) is 16.3. The van der Waals surface area contributed by atoms with Gasteiger partial charge in [-0.05, 0) is 42.9 Å². The molecular weight excluding hydrogens is 330 g/mol. The quantitative estimate of drug-likeness (QED) is 0.826. The molecule has 1 saturated heterocycles. The molecule has 0 amide bonds. The summed E-state index contributed by atoms with van der Waals surface area (Å²) in [6.45, 7) is 6.47. The van der Waals surface area contributed by atoms with Gasteiger partial charge in [-0.25, -0.2) is 4.79 Å². The first-order chi connectivity index (χ1) is 10.1. The van der Waals surface area contributed by atoms with Crippen LogP contribution in [0.1, 0.15) is 49.9 Å². The number of hydrogen-bond acceptors (Lipinski definition) is 2. The minimum Gasteiger partial charge on any atom is -0.478 e. The van der Waals surface area contributed by atoms with Crippen LogP contribution in [0, 0.1) is 11.8 Å². The molecule has 2 rings (SSSR count). The van der Waals surface area contributed by atoms with E-state index in [9.17, 15) is 9.90 Å². The number of piperidine rings is 1. The summed E-state index contributed by atoms with van der Waals surface area (Å²) in [5, 5.41) is 9.39. The zero-order valence-corrected chi connectivity index (χ0v) is 14.4. The molecule has 0 bridgehead atoms. The molecule has 0 atom stereocenters. The molecule has 1 fully saturated rings. The Kier molecular flexibility index (Phi) is 5.68. The molecule has 0 spiro atoms. The Morgan fingerprint density at radius 2 is 1.95 bits per heavy atom. The van der Waals surface area contributed by atoms with Crippen LogP contribution in [-0.2, 0) is 0 Å². The van der Waals surface area contributed by atoms with Gasteiger partial charge < -0.3 is 10.0 Å². The maximum absolute atomic E-state index is 11.4. The van der Waals surface area contributed by atoms with E-state index in [1.54, 1.807) is 6.07 Å². The highest BCUT2D eigenvalue weighted by molar-refractivity contribution is 9.10. The standard InChI is InChI=1S/C17H24BrNO2/c1-3-12(4-2)13-7-9-19(10-8-13)16-6-5-14(18)11-15(16)17(20)21/h5-6,11-13H,3-4,7-10H2,1-2H3,(H,20,21). The van der Waals surface area contributed by atoms with E-state index >= 15 is 0 Å². The van der Waals surface area contributed by atoms with Crippen molar-refractivity contribution in [3.05, 3.63) is 28.2 Å². The van der Waals surface area contributed by atoms with Crippen molar-refractivity contribution < 1.29 is 9.90 Å². The molecule has 1 aliphatic heterocycles. The Balaban J connectivity index is 2.10. The zero-order chi connectivity index (χ0) is 15.4. The van der Waals surface area contributed by atoms with Crippen LogP contribution in [-0.4, -0.2) is 24.2 Å². The monoisotopic (exact) mass is 353 g/mol. The van der Waals surface area contributed by atoms with Gasteiger partial charge in [-0.2, -0.15) is 0 Å². The van der Waals surface area contributed by atoms with E-state index in [1.807, 2.05) is 12.1 Å². The number of carbonyl (C=O) groups is 1. The topological polar surface area (TPSA) is 40.5 Å². The molecular formula is C17H24BrNO2. The number of carboxylic acid groups (broad SMARTS) is 1. The minimum atomic E-state index is -0.853. The Labute approximate surface area is 135 Å². The van der Waals surface area contributed by atoms with Crippen LogP contribution in [0.15, 0.2) is 22.7 Å². The fourth-order valence-electron chi connectivity index (χ4n) is 3.52. The lowest BCUT2D eigenvalue weighted by Crippen LogP contribution is -2.36. The molecule has 3 nitrogen and oxygen atoms in total. The van der Waals surface area contributed by atoms with Gasteiger partial charge in [-0.15, -0.1) is 0 Å². The van der Waals surface area contributed by atoms with Gasteiger partial charge in [0.15, 0.2) is 0 Å². The van der Waals surface area contributed by atoms with E-state index in [0.717, 1.165) is 35.1 Å². The molecule has 0 unspecified atom stereocenters. The van der Waals surface area contributed by atoms with Crippen LogP contribution in [0.5, 0.6) is 0 Å². The predicted molar refractivity (Wildman–Crippen MR) is 90.1 cm³/mol. The van der Waals surface area contributed by atoms with Crippen molar-refractivity contribution in [2.24, 2.45) is 11.8 Å². The van der Waals surface area contributed by atoms with Crippen molar-refractivity contribution in [3.8, 4) is 0 Å². The van der Waals surface area contributed by atoms with Gasteiger partial charge in [-0.1, -0.05) is 42.6 Å². The Morgan fingerprint density at radius 1 is 1.33 bits per heavy atom. The van der Waals surface area contributed by atoms with Gasteiger partial charge in [-0.3, -0.25) is 0 Å². The molecule has 4 heteroatoms. The average molecular weight is 354 g/mol. The van der Waals surface area contributed by atoms with Gasteiger partial charge >= 0.3 is 5.97 Å². The highest BCUT2D eigenvalue weighted by atomic mass is 79.9. The van der Waals surface area contributed by atoms with E-state index in [1.165, 1.54) is 25.7 Å². The fourth-order valence-corrected chi connectivity index (χ4v) is 3.88. The van der Waals surface area contributed by atoms with Crippen LogP contribution in [0.4, 0.5) is 5.69 Å². The van der Waals surface area contributed by atoms with E-state index in [2.05, 4.69) is 34.7 Å². The number of anilines is 1. The lowest BCUT2D eigenvalue weighted by atomic mass is 9.81. The largest absolute Gasteiger partial charge is 0.478 e. The number of rotatable bonds is 5. The molecule has 0 radical (unpaired) electrons. The van der Waals surface area contributed by atoms with Crippen LogP contribution in [0.3, 0.4) is 0 Å². The summed E-state index contributed by atoms with van der Waals surface area (Å²) in [7, 11) is 0. The molecule has 1 heterocycles. The molecule has 1 aliphatic rings. The number of aromatic carboxylic acids is 1. The summed E-state index contributed by atoms with van der Waals surface area (Å²) in [6, 6.07) is 5.55. The zero-order valence-electron chi connectivity index (χ0n) is 12.8. The summed E-state index contributed by atoms with van der Waals surface area (Å²) >= 11 is 3.35. The van der Waals surface area contributed by atoms with E-state index < -0.39 is 5.97 Å². The number of nitrogens with zero attached hydrogens (tertiary/aromatic N) is 1. The van der Waals surface area contributed by atoms with Crippen molar-refractivity contribution in [2.75, 3.05) is 18.0 Å². The van der Waals surface area contributed by atoms with E-state index in [4.69, 9.17) is 0 Å². The summed E-state index contributed by atoms with van der Waals surface area (Å²) < 4.78 is 0.815. The van der Waals surface area contributed by atoms with Crippen LogP contribution >= 0.6 is 15.9 Å². The Bertz CT molecular complexity index is 492. The van der Waals surface area contributed by atoms with Crippen molar-refractivity contribution in [1.82, 2.24) is 0 Å². The third-order valence-electron chi connectivity index (χ3n) is 4.78. The SMILES string of the molecule is CCC(CC)C1CCN(c2ccc(Br)cc2C(=O)O)CC1. The van der Waals surface area contributed by atoms with Gasteiger partial charge in [0, 0.05) is 17.6 Å². The predicted octanol–water partition coefficient (Wildman–Crippen LogP) is 4.80. The molecule has 1 N–H and O–H groups in total. The van der Waals surface area contributed by atoms with E-state index in [0.29, 0.717) is 5.56 Å². The van der Waals surface area contributed by atoms with Gasteiger partial charge in [0.05, 0.1) is 11.3 Å². The molecule has 0 aromatic heterocycles. The minimum absolute atomic E-state index is 0.394. The van der Waals surface area contributed by atoms with Crippen molar-refractivity contribution >= 4 is 27.6 Å². The number of hydrogen-bond donors (Lipinski definition) is 1. The molecule has 1 aromatic rings. The van der Waals surface area contributed by atoms with Crippen LogP contribution in [0.25, 0.3) is 0 Å². The van der Waals surface area contributed by atoms with Gasteiger partial charge in [0.1, 0.15) is 0 Å². The first-order valence-corrected chi connectivity index (χ1v) is 8.63. The maximum atomic E-state index is 11.4. The van der Waals surface area contributed by atoms with Crippen LogP contribution in [0.2, 0.25) is 0 Å². The summed E-state index contributed by atoms with van der Waals surface area (Å²) in [4.78, 5) is 13.7. The van der Waals surface area contributed by atoms with Crippen molar-refractivity contribution in [3.63, 3.8) is 0 Å². The smallest absolute Gasteiger partial charge is 0.337 e. The summed E-state index contributed by atoms with van der Waals surface area (Å²) in [5.41, 5.74) is 1.25. The average Bonchev–Trinajstić information content (AvgIpc) is 2.49. The second kappa shape index (κ2) is 7.30. The van der Waals surface area contributed by atoms with Crippen molar-refractivity contribution in [2.45, 2.75) is 39.5 Å². The summed E-state index contributed by atoms with van der Waals surface area (Å²) in [6.07, 6.45) is 4.84. The summed E-state index contributed by atoms with van der Waals surface area (Å²) in [5.74, 6) is 0.754. The fraction of sp³-hybridized carbons (Fsp3) is 0.588. The van der Waals surface area contributed by atoms with Crippen LogP contribution < -0.4 is 4.90 Å². The normalized spacial score (nSPS) is 16.5. The van der Waals surface area contributed by atoms with Crippen molar-refractivity contribution in [1.29, 1.82) is 0 Å². The van der Waals surface area contributed by atoms with Gasteiger partial charge in [0.2, 0.25) is 0 Å². The second-order valence-corrected chi connectivity index (χ2v) is 6.78. The number of carboxylic acids is 1. The molecule has 0 aliphatic carbocycles. The molecule has 116 valence electrons. The van der Waals surface area contributed by atoms with E-state index in [-0.39, 0.29) is 0 Å². The number of benzene rings is 1. The first-order valence-electron chi connectivity index (χ1n) is 7.84. The van der Waals surface area contributed by atoms with Gasteiger partial charge in [0.25, 0.3) is 0 Å². The molecule has 1 aromatic carbocycles. The maximum Gasteiger partial charge on any atom is 0.337 e. The highest BCUT2D eigenvalue weighted by Gasteiger charge is 2.26. The second-order valence-electron chi connectivity index (χ2n) is 5.87. The molecule has 0 saturated carbocycles. The third kappa shape index (κ3) is 3.79. The Hall–Kier alpha value is -1.03. The Morgan fingerprint density at radius 3 is 2.48 bits per heavy atom. The molecule has 21 heavy (non-hydrogen) atoms. The highest BCUT2D eigenvalue weighted by Crippen LogP contribution is 2.33. The lowest BCUT2D eigenvalue weighted by Gasteiger charge is -2.37. The number of halogens is 1. The lowest BCUT2D eigenvalue weighted by molar-refractivity contribution is 0.0697.